The Balaban J connectivity index is 2.95. The van der Waals surface area contributed by atoms with Crippen LogP contribution < -0.4 is 11.4 Å². The third kappa shape index (κ3) is 1.48. The van der Waals surface area contributed by atoms with Gasteiger partial charge in [-0.25, -0.2) is 0 Å². The summed E-state index contributed by atoms with van der Waals surface area (Å²) in [5, 5.41) is 5.08. The lowest BCUT2D eigenvalue weighted by Gasteiger charge is -2.07. The van der Waals surface area contributed by atoms with Crippen molar-refractivity contribution < 1.29 is 0 Å². The predicted molar refractivity (Wildman–Crippen MR) is 65.7 cm³/mol. The minimum atomic E-state index is 0.00210. The van der Waals surface area contributed by atoms with Crippen LogP contribution in [0.15, 0.2) is 34.2 Å². The number of rotatable bonds is 1. The molecule has 1 heterocycles. The molecule has 0 radical (unpaired) electrons. The Kier molecular flexibility index (Phi) is 2.48. The minimum absolute atomic E-state index is 0.00210. The number of benzene rings is 1. The van der Waals surface area contributed by atoms with Gasteiger partial charge in [0.25, 0.3) is 5.56 Å². The maximum atomic E-state index is 12.0. The molecular formula is C12H13N3O. The summed E-state index contributed by atoms with van der Waals surface area (Å²) in [6, 6.07) is 7.49. The van der Waals surface area contributed by atoms with E-state index >= 15 is 0 Å². The normalized spacial score (nSPS) is 11.4. The number of fused-ring (bicyclic) bond motifs is 1. The summed E-state index contributed by atoms with van der Waals surface area (Å²) in [4.78, 5) is 12.0. The first-order chi connectivity index (χ1) is 7.65. The minimum Gasteiger partial charge on any atom is -0.323 e. The van der Waals surface area contributed by atoms with Crippen LogP contribution in [0.25, 0.3) is 10.8 Å². The molecule has 16 heavy (non-hydrogen) atoms. The average molecular weight is 215 g/mol. The van der Waals surface area contributed by atoms with Crippen LogP contribution in [-0.4, -0.2) is 10.8 Å². The van der Waals surface area contributed by atoms with Gasteiger partial charge in [0.2, 0.25) is 0 Å². The molecular weight excluding hydrogens is 202 g/mol. The summed E-state index contributed by atoms with van der Waals surface area (Å²) in [7, 11) is 1.76. The highest BCUT2D eigenvalue weighted by atomic mass is 16.1. The Morgan fingerprint density at radius 3 is 2.81 bits per heavy atom. The lowest BCUT2D eigenvalue weighted by atomic mass is 10.1. The van der Waals surface area contributed by atoms with Crippen LogP contribution in [0.5, 0.6) is 0 Å². The molecule has 1 aromatic heterocycles. The molecule has 0 aliphatic rings. The summed E-state index contributed by atoms with van der Waals surface area (Å²) in [6.45, 7) is 1.90. The van der Waals surface area contributed by atoms with E-state index in [4.69, 9.17) is 5.84 Å². The van der Waals surface area contributed by atoms with Crippen molar-refractivity contribution >= 4 is 17.0 Å². The largest absolute Gasteiger partial charge is 0.323 e. The van der Waals surface area contributed by atoms with E-state index in [9.17, 15) is 4.79 Å². The standard InChI is InChI=1S/C12H13N3O/c1-8-6-11-9(7-14-13)4-3-5-10(11)12(16)15(8)2/h3-7H,13H2,1-2H3. The van der Waals surface area contributed by atoms with Crippen LogP contribution in [-0.2, 0) is 7.05 Å². The number of hydrogen-bond acceptors (Lipinski definition) is 3. The highest BCUT2D eigenvalue weighted by molar-refractivity contribution is 5.99. The molecule has 0 fully saturated rings. The van der Waals surface area contributed by atoms with E-state index in [1.807, 2.05) is 31.2 Å². The first kappa shape index (κ1) is 10.4. The Morgan fingerprint density at radius 1 is 1.38 bits per heavy atom. The molecule has 0 bridgehead atoms. The van der Waals surface area contributed by atoms with Crippen molar-refractivity contribution in [1.29, 1.82) is 0 Å². The van der Waals surface area contributed by atoms with Gasteiger partial charge in [-0.15, -0.1) is 0 Å². The van der Waals surface area contributed by atoms with Gasteiger partial charge in [0.05, 0.1) is 6.21 Å². The Morgan fingerprint density at radius 2 is 2.12 bits per heavy atom. The second-order valence-corrected chi connectivity index (χ2v) is 3.74. The summed E-state index contributed by atoms with van der Waals surface area (Å²) >= 11 is 0. The number of hydrogen-bond donors (Lipinski definition) is 1. The van der Waals surface area contributed by atoms with Crippen LogP contribution in [0.3, 0.4) is 0 Å². The number of aryl methyl sites for hydroxylation is 1. The van der Waals surface area contributed by atoms with E-state index in [1.165, 1.54) is 0 Å². The molecule has 2 rings (SSSR count). The lowest BCUT2D eigenvalue weighted by molar-refractivity contribution is 0.830. The number of aromatic nitrogens is 1. The predicted octanol–water partition coefficient (Wildman–Crippen LogP) is 1.14. The smallest absolute Gasteiger partial charge is 0.258 e. The fourth-order valence-corrected chi connectivity index (χ4v) is 1.77. The van der Waals surface area contributed by atoms with Gasteiger partial charge in [-0.3, -0.25) is 4.79 Å². The second kappa shape index (κ2) is 3.81. The van der Waals surface area contributed by atoms with Crippen LogP contribution in [0.2, 0.25) is 0 Å². The van der Waals surface area contributed by atoms with E-state index in [2.05, 4.69) is 5.10 Å². The molecule has 0 amide bonds. The average Bonchev–Trinajstić information content (AvgIpc) is 2.28. The highest BCUT2D eigenvalue weighted by Crippen LogP contribution is 2.15. The molecule has 4 nitrogen and oxygen atoms in total. The van der Waals surface area contributed by atoms with E-state index in [-0.39, 0.29) is 5.56 Å². The van der Waals surface area contributed by atoms with E-state index in [0.717, 1.165) is 16.6 Å². The Labute approximate surface area is 93.0 Å². The second-order valence-electron chi connectivity index (χ2n) is 3.74. The van der Waals surface area contributed by atoms with Crippen molar-refractivity contribution in [3.63, 3.8) is 0 Å². The van der Waals surface area contributed by atoms with Gasteiger partial charge >= 0.3 is 0 Å². The fourth-order valence-electron chi connectivity index (χ4n) is 1.77. The van der Waals surface area contributed by atoms with Gasteiger partial charge in [-0.1, -0.05) is 12.1 Å². The molecule has 2 aromatic rings. The summed E-state index contributed by atoms with van der Waals surface area (Å²) in [5.74, 6) is 5.14. The Bertz CT molecular complexity index is 626. The monoisotopic (exact) mass is 215 g/mol. The van der Waals surface area contributed by atoms with Crippen molar-refractivity contribution in [3.8, 4) is 0 Å². The van der Waals surface area contributed by atoms with Gasteiger partial charge in [0, 0.05) is 23.7 Å². The molecule has 0 saturated carbocycles. The molecule has 0 atom stereocenters. The zero-order valence-electron chi connectivity index (χ0n) is 9.27. The maximum Gasteiger partial charge on any atom is 0.258 e. The van der Waals surface area contributed by atoms with Gasteiger partial charge in [0.1, 0.15) is 0 Å². The van der Waals surface area contributed by atoms with Crippen molar-refractivity contribution in [2.24, 2.45) is 18.0 Å². The van der Waals surface area contributed by atoms with Crippen molar-refractivity contribution in [1.82, 2.24) is 4.57 Å². The van der Waals surface area contributed by atoms with Crippen LogP contribution in [0.4, 0.5) is 0 Å². The van der Waals surface area contributed by atoms with Gasteiger partial charge in [-0.05, 0) is 24.4 Å². The van der Waals surface area contributed by atoms with Crippen LogP contribution >= 0.6 is 0 Å². The first-order valence-electron chi connectivity index (χ1n) is 4.97. The summed E-state index contributed by atoms with van der Waals surface area (Å²) in [6.07, 6.45) is 1.56. The van der Waals surface area contributed by atoms with Gasteiger partial charge in [-0.2, -0.15) is 5.10 Å². The van der Waals surface area contributed by atoms with Crippen LogP contribution in [0.1, 0.15) is 11.3 Å². The number of nitrogens with zero attached hydrogens (tertiary/aromatic N) is 2. The fraction of sp³-hybridized carbons (Fsp3) is 0.167. The summed E-state index contributed by atoms with van der Waals surface area (Å²) in [5.41, 5.74) is 1.78. The molecule has 2 N–H and O–H groups in total. The SMILES string of the molecule is Cc1cc2c(C=NN)cccc2c(=O)n1C. The number of hydrazone groups is 1. The molecule has 1 aromatic carbocycles. The van der Waals surface area contributed by atoms with Crippen molar-refractivity contribution in [3.05, 3.63) is 45.9 Å². The molecule has 0 saturated heterocycles. The van der Waals surface area contributed by atoms with Crippen molar-refractivity contribution in [2.75, 3.05) is 0 Å². The quantitative estimate of drug-likeness (QED) is 0.440. The van der Waals surface area contributed by atoms with Crippen molar-refractivity contribution in [2.45, 2.75) is 6.92 Å². The zero-order valence-corrected chi connectivity index (χ0v) is 9.27. The van der Waals surface area contributed by atoms with E-state index in [0.29, 0.717) is 5.39 Å². The molecule has 0 aliphatic heterocycles. The summed E-state index contributed by atoms with van der Waals surface area (Å²) < 4.78 is 1.63. The third-order valence-electron chi connectivity index (χ3n) is 2.77. The van der Waals surface area contributed by atoms with E-state index in [1.54, 1.807) is 17.8 Å². The van der Waals surface area contributed by atoms with Crippen LogP contribution in [0, 0.1) is 6.92 Å². The zero-order chi connectivity index (χ0) is 11.7. The highest BCUT2D eigenvalue weighted by Gasteiger charge is 2.05. The number of nitrogens with two attached hydrogens (primary N) is 1. The third-order valence-corrected chi connectivity index (χ3v) is 2.77. The molecule has 0 aliphatic carbocycles. The number of pyridine rings is 1. The topological polar surface area (TPSA) is 60.4 Å². The Hall–Kier alpha value is -2.10. The van der Waals surface area contributed by atoms with Gasteiger partial charge < -0.3 is 10.4 Å². The van der Waals surface area contributed by atoms with Gasteiger partial charge in [0.15, 0.2) is 0 Å². The molecule has 82 valence electrons. The molecule has 4 heteroatoms. The van der Waals surface area contributed by atoms with E-state index < -0.39 is 0 Å². The maximum absolute atomic E-state index is 12.0. The first-order valence-corrected chi connectivity index (χ1v) is 4.97. The molecule has 0 spiro atoms. The molecule has 0 unspecified atom stereocenters. The lowest BCUT2D eigenvalue weighted by Crippen LogP contribution is -2.19.